The molecule has 0 fully saturated rings. The first-order valence-electron chi connectivity index (χ1n) is 4.66. The highest BCUT2D eigenvalue weighted by Crippen LogP contribution is 2.11. The molecule has 14 heavy (non-hydrogen) atoms. The van der Waals surface area contributed by atoms with Crippen molar-refractivity contribution in [3.63, 3.8) is 0 Å². The fraction of sp³-hybridized carbons (Fsp3) is 0.556. The fourth-order valence-electron chi connectivity index (χ4n) is 1.38. The minimum Gasteiger partial charge on any atom is -0.351 e. The topological polar surface area (TPSA) is 40.5 Å². The van der Waals surface area contributed by atoms with E-state index in [2.05, 4.69) is 27.2 Å². The summed E-state index contributed by atoms with van der Waals surface area (Å²) in [4.78, 5) is 12.0. The van der Waals surface area contributed by atoms with Gasteiger partial charge in [-0.2, -0.15) is 0 Å². The molecule has 0 unspecified atom stereocenters. The quantitative estimate of drug-likeness (QED) is 0.786. The summed E-state index contributed by atoms with van der Waals surface area (Å²) in [7, 11) is 2.05. The fourth-order valence-corrected chi connectivity index (χ4v) is 2.10. The number of aliphatic imine (C=N–C) groups is 1. The molecule has 0 aromatic carbocycles. The average molecular weight is 210 g/mol. The normalized spacial score (nSPS) is 15.9. The molecule has 1 N–H and O–H groups in total. The highest BCUT2D eigenvalue weighted by molar-refractivity contribution is 7.09. The lowest BCUT2D eigenvalue weighted by atomic mass is 10.4. The van der Waals surface area contributed by atoms with Crippen LogP contribution >= 0.6 is 11.3 Å². The first-order valence-corrected chi connectivity index (χ1v) is 5.54. The van der Waals surface area contributed by atoms with Crippen LogP contribution in [0.3, 0.4) is 0 Å². The highest BCUT2D eigenvalue weighted by Gasteiger charge is 2.12. The number of hydrogen-bond donors (Lipinski definition) is 1. The summed E-state index contributed by atoms with van der Waals surface area (Å²) in [6.45, 7) is 4.79. The highest BCUT2D eigenvalue weighted by atomic mass is 32.1. The summed E-state index contributed by atoms with van der Waals surface area (Å²) in [6, 6.07) is 0. The van der Waals surface area contributed by atoms with Crippen molar-refractivity contribution >= 4 is 17.3 Å². The van der Waals surface area contributed by atoms with Gasteiger partial charge < -0.3 is 10.2 Å². The number of thiazole rings is 1. The molecule has 4 nitrogen and oxygen atoms in total. The van der Waals surface area contributed by atoms with Gasteiger partial charge in [0, 0.05) is 18.5 Å². The maximum absolute atomic E-state index is 4.36. The first kappa shape index (κ1) is 9.45. The van der Waals surface area contributed by atoms with Crippen LogP contribution < -0.4 is 5.32 Å². The molecule has 2 heterocycles. The number of likely N-dealkylation sites (N-methyl/N-ethyl adjacent to an activating group) is 1. The maximum atomic E-state index is 4.36. The SMILES string of the molecule is Cc1ncsc1CNC1=NCCN1C. The number of nitrogens with one attached hydrogen (secondary N) is 1. The van der Waals surface area contributed by atoms with E-state index in [0.717, 1.165) is 31.3 Å². The predicted molar refractivity (Wildman–Crippen MR) is 58.6 cm³/mol. The van der Waals surface area contributed by atoms with E-state index < -0.39 is 0 Å². The van der Waals surface area contributed by atoms with Crippen LogP contribution in [0.1, 0.15) is 10.6 Å². The molecular formula is C9H14N4S. The smallest absolute Gasteiger partial charge is 0.194 e. The molecule has 1 aliphatic rings. The Kier molecular flexibility index (Phi) is 2.67. The Morgan fingerprint density at radius 1 is 1.64 bits per heavy atom. The zero-order valence-electron chi connectivity index (χ0n) is 8.45. The average Bonchev–Trinajstić information content (AvgIpc) is 2.72. The van der Waals surface area contributed by atoms with Gasteiger partial charge in [-0.3, -0.25) is 4.99 Å². The summed E-state index contributed by atoms with van der Waals surface area (Å²) in [5.41, 5.74) is 3.00. The molecule has 0 spiro atoms. The van der Waals surface area contributed by atoms with Gasteiger partial charge in [-0.15, -0.1) is 11.3 Å². The summed E-state index contributed by atoms with van der Waals surface area (Å²) < 4.78 is 0. The van der Waals surface area contributed by atoms with Crippen LogP contribution in [0.5, 0.6) is 0 Å². The number of guanidine groups is 1. The molecule has 1 aromatic heterocycles. The standard InChI is InChI=1S/C9H14N4S/c1-7-8(14-6-12-7)5-11-9-10-3-4-13(9)2/h6H,3-5H2,1-2H3,(H,10,11). The molecule has 0 saturated carbocycles. The van der Waals surface area contributed by atoms with Gasteiger partial charge in [-0.1, -0.05) is 0 Å². The van der Waals surface area contributed by atoms with Gasteiger partial charge in [0.15, 0.2) is 5.96 Å². The number of nitrogens with zero attached hydrogens (tertiary/aromatic N) is 3. The number of aryl methyl sites for hydroxylation is 1. The van der Waals surface area contributed by atoms with Crippen LogP contribution in [0.4, 0.5) is 0 Å². The van der Waals surface area contributed by atoms with E-state index in [-0.39, 0.29) is 0 Å². The van der Waals surface area contributed by atoms with Crippen molar-refractivity contribution in [2.75, 3.05) is 20.1 Å². The maximum Gasteiger partial charge on any atom is 0.194 e. The summed E-state index contributed by atoms with van der Waals surface area (Å²) >= 11 is 1.69. The molecule has 1 aliphatic heterocycles. The molecular weight excluding hydrogens is 196 g/mol. The second kappa shape index (κ2) is 3.96. The van der Waals surface area contributed by atoms with Crippen molar-refractivity contribution in [1.29, 1.82) is 0 Å². The molecule has 0 amide bonds. The van der Waals surface area contributed by atoms with Gasteiger partial charge in [0.25, 0.3) is 0 Å². The molecule has 0 saturated heterocycles. The van der Waals surface area contributed by atoms with Gasteiger partial charge in [0.1, 0.15) is 0 Å². The third kappa shape index (κ3) is 1.87. The Labute approximate surface area is 87.7 Å². The van der Waals surface area contributed by atoms with Crippen molar-refractivity contribution in [2.24, 2.45) is 4.99 Å². The third-order valence-electron chi connectivity index (χ3n) is 2.31. The molecule has 0 atom stereocenters. The summed E-state index contributed by atoms with van der Waals surface area (Å²) in [6.07, 6.45) is 0. The van der Waals surface area contributed by atoms with Crippen molar-refractivity contribution in [2.45, 2.75) is 13.5 Å². The van der Waals surface area contributed by atoms with Crippen LogP contribution in [0, 0.1) is 6.92 Å². The van der Waals surface area contributed by atoms with Crippen molar-refractivity contribution in [3.8, 4) is 0 Å². The van der Waals surface area contributed by atoms with E-state index >= 15 is 0 Å². The van der Waals surface area contributed by atoms with E-state index in [4.69, 9.17) is 0 Å². The largest absolute Gasteiger partial charge is 0.351 e. The van der Waals surface area contributed by atoms with Crippen LogP contribution in [0.2, 0.25) is 0 Å². The van der Waals surface area contributed by atoms with Crippen LogP contribution in [0.15, 0.2) is 10.5 Å². The Morgan fingerprint density at radius 2 is 2.50 bits per heavy atom. The molecule has 0 bridgehead atoms. The van der Waals surface area contributed by atoms with Crippen LogP contribution in [-0.2, 0) is 6.54 Å². The lowest BCUT2D eigenvalue weighted by Gasteiger charge is -2.14. The van der Waals surface area contributed by atoms with Crippen LogP contribution in [0.25, 0.3) is 0 Å². The summed E-state index contributed by atoms with van der Waals surface area (Å²) in [5, 5.41) is 3.32. The molecule has 0 aliphatic carbocycles. The zero-order valence-corrected chi connectivity index (χ0v) is 9.27. The van der Waals surface area contributed by atoms with Gasteiger partial charge in [0.05, 0.1) is 24.3 Å². The van der Waals surface area contributed by atoms with E-state index in [0.29, 0.717) is 0 Å². The predicted octanol–water partition coefficient (Wildman–Crippen LogP) is 0.843. The number of aromatic nitrogens is 1. The molecule has 5 heteroatoms. The number of rotatable bonds is 2. The minimum atomic E-state index is 0.833. The summed E-state index contributed by atoms with van der Waals surface area (Å²) in [5.74, 6) is 0.998. The Hall–Kier alpha value is -1.10. The number of hydrogen-bond acceptors (Lipinski definition) is 5. The second-order valence-corrected chi connectivity index (χ2v) is 4.28. The lowest BCUT2D eigenvalue weighted by Crippen LogP contribution is -2.35. The van der Waals surface area contributed by atoms with E-state index in [9.17, 15) is 0 Å². The van der Waals surface area contributed by atoms with Gasteiger partial charge in [-0.05, 0) is 6.92 Å². The second-order valence-electron chi connectivity index (χ2n) is 3.34. The van der Waals surface area contributed by atoms with E-state index in [1.54, 1.807) is 11.3 Å². The first-order chi connectivity index (χ1) is 6.77. The Balaban J connectivity index is 1.92. The van der Waals surface area contributed by atoms with E-state index in [1.165, 1.54) is 4.88 Å². The third-order valence-corrected chi connectivity index (χ3v) is 3.25. The zero-order chi connectivity index (χ0) is 9.97. The molecule has 0 radical (unpaired) electrons. The van der Waals surface area contributed by atoms with Crippen LogP contribution in [-0.4, -0.2) is 36.0 Å². The van der Waals surface area contributed by atoms with Crippen molar-refractivity contribution in [1.82, 2.24) is 15.2 Å². The monoisotopic (exact) mass is 210 g/mol. The van der Waals surface area contributed by atoms with Crippen molar-refractivity contribution in [3.05, 3.63) is 16.1 Å². The van der Waals surface area contributed by atoms with Crippen molar-refractivity contribution < 1.29 is 0 Å². The van der Waals surface area contributed by atoms with Gasteiger partial charge >= 0.3 is 0 Å². The Bertz CT molecular complexity index is 344. The van der Waals surface area contributed by atoms with E-state index in [1.807, 2.05) is 12.4 Å². The van der Waals surface area contributed by atoms with Gasteiger partial charge in [0.2, 0.25) is 0 Å². The molecule has 2 rings (SSSR count). The lowest BCUT2D eigenvalue weighted by molar-refractivity contribution is 0.534. The molecule has 1 aromatic rings. The minimum absolute atomic E-state index is 0.833. The Morgan fingerprint density at radius 3 is 3.07 bits per heavy atom. The molecule has 76 valence electrons. The van der Waals surface area contributed by atoms with Gasteiger partial charge in [-0.25, -0.2) is 4.98 Å².